The van der Waals surface area contributed by atoms with Gasteiger partial charge in [0.1, 0.15) is 0 Å². The average Bonchev–Trinajstić information content (AvgIpc) is 2.20. The lowest BCUT2D eigenvalue weighted by Gasteiger charge is -2.17. The second-order valence-electron chi connectivity index (χ2n) is 2.73. The standard InChI is InChI=1S/C7H14N2O/c1-3-4-9-6(2)5-8-7(9)10/h6H,3-5H2,1-2H3,(H,8,10). The summed E-state index contributed by atoms with van der Waals surface area (Å²) in [6.45, 7) is 5.83. The molecule has 0 bridgehead atoms. The van der Waals surface area contributed by atoms with Crippen molar-refractivity contribution >= 4 is 6.03 Å². The number of hydrogen-bond acceptors (Lipinski definition) is 1. The van der Waals surface area contributed by atoms with Crippen LogP contribution in [0.1, 0.15) is 20.3 Å². The second kappa shape index (κ2) is 2.90. The van der Waals surface area contributed by atoms with E-state index in [1.165, 1.54) is 0 Å². The Morgan fingerprint density at radius 2 is 2.50 bits per heavy atom. The third-order valence-electron chi connectivity index (χ3n) is 1.81. The van der Waals surface area contributed by atoms with Crippen LogP contribution < -0.4 is 5.32 Å². The third kappa shape index (κ3) is 1.23. The number of nitrogens with zero attached hydrogens (tertiary/aromatic N) is 1. The molecule has 0 aliphatic carbocycles. The van der Waals surface area contributed by atoms with E-state index in [0.717, 1.165) is 19.5 Å². The molecule has 3 nitrogen and oxygen atoms in total. The largest absolute Gasteiger partial charge is 0.336 e. The summed E-state index contributed by atoms with van der Waals surface area (Å²) in [5.74, 6) is 0. The third-order valence-corrected chi connectivity index (χ3v) is 1.81. The minimum Gasteiger partial charge on any atom is -0.336 e. The van der Waals surface area contributed by atoms with Gasteiger partial charge in [0.15, 0.2) is 0 Å². The highest BCUT2D eigenvalue weighted by molar-refractivity contribution is 5.76. The van der Waals surface area contributed by atoms with Crippen molar-refractivity contribution in [2.75, 3.05) is 13.1 Å². The molecule has 1 unspecified atom stereocenters. The summed E-state index contributed by atoms with van der Waals surface area (Å²) >= 11 is 0. The Morgan fingerprint density at radius 1 is 1.80 bits per heavy atom. The number of nitrogens with one attached hydrogen (secondary N) is 1. The molecular weight excluding hydrogens is 128 g/mol. The Kier molecular flexibility index (Phi) is 2.14. The number of urea groups is 1. The molecule has 10 heavy (non-hydrogen) atoms. The maximum absolute atomic E-state index is 11.0. The molecule has 2 amide bonds. The zero-order chi connectivity index (χ0) is 7.56. The smallest absolute Gasteiger partial charge is 0.317 e. The first-order valence-electron chi connectivity index (χ1n) is 3.80. The first-order chi connectivity index (χ1) is 4.75. The average molecular weight is 142 g/mol. The summed E-state index contributed by atoms with van der Waals surface area (Å²) in [5, 5.41) is 2.79. The Labute approximate surface area is 61.4 Å². The molecule has 1 saturated heterocycles. The van der Waals surface area contributed by atoms with E-state index in [1.54, 1.807) is 0 Å². The van der Waals surface area contributed by atoms with Crippen molar-refractivity contribution in [2.24, 2.45) is 0 Å². The molecule has 3 heteroatoms. The summed E-state index contributed by atoms with van der Waals surface area (Å²) < 4.78 is 0. The van der Waals surface area contributed by atoms with E-state index in [0.29, 0.717) is 6.04 Å². The van der Waals surface area contributed by atoms with Crippen molar-refractivity contribution in [1.82, 2.24) is 10.2 Å². The van der Waals surface area contributed by atoms with Gasteiger partial charge in [-0.25, -0.2) is 4.79 Å². The van der Waals surface area contributed by atoms with Crippen LogP contribution in [0, 0.1) is 0 Å². The lowest BCUT2D eigenvalue weighted by atomic mass is 10.3. The molecule has 1 rings (SSSR count). The zero-order valence-corrected chi connectivity index (χ0v) is 6.55. The van der Waals surface area contributed by atoms with Crippen LogP contribution >= 0.6 is 0 Å². The molecule has 0 radical (unpaired) electrons. The fraction of sp³-hybridized carbons (Fsp3) is 0.857. The molecule has 0 spiro atoms. The topological polar surface area (TPSA) is 32.3 Å². The molecule has 0 aromatic heterocycles. The fourth-order valence-corrected chi connectivity index (χ4v) is 1.21. The maximum Gasteiger partial charge on any atom is 0.317 e. The number of carbonyl (C=O) groups is 1. The fourth-order valence-electron chi connectivity index (χ4n) is 1.21. The summed E-state index contributed by atoms with van der Waals surface area (Å²) in [6, 6.07) is 0.474. The van der Waals surface area contributed by atoms with Gasteiger partial charge in [-0.05, 0) is 13.3 Å². The molecule has 1 aliphatic rings. The van der Waals surface area contributed by atoms with Crippen LogP contribution in [0.5, 0.6) is 0 Å². The molecule has 1 aliphatic heterocycles. The number of amides is 2. The summed E-state index contributed by atoms with van der Waals surface area (Å²) in [6.07, 6.45) is 1.04. The van der Waals surface area contributed by atoms with Crippen molar-refractivity contribution < 1.29 is 4.79 Å². The van der Waals surface area contributed by atoms with Crippen molar-refractivity contribution in [2.45, 2.75) is 26.3 Å². The van der Waals surface area contributed by atoms with Gasteiger partial charge in [0.05, 0.1) is 0 Å². The van der Waals surface area contributed by atoms with Crippen LogP contribution in [-0.2, 0) is 0 Å². The molecule has 0 aromatic rings. The molecule has 58 valence electrons. The predicted molar refractivity (Wildman–Crippen MR) is 39.9 cm³/mol. The first kappa shape index (κ1) is 7.38. The highest BCUT2D eigenvalue weighted by Gasteiger charge is 2.25. The molecule has 0 aromatic carbocycles. The van der Waals surface area contributed by atoms with Crippen molar-refractivity contribution in [1.29, 1.82) is 0 Å². The van der Waals surface area contributed by atoms with Gasteiger partial charge in [-0.3, -0.25) is 0 Å². The van der Waals surface area contributed by atoms with Crippen molar-refractivity contribution in [3.05, 3.63) is 0 Å². The van der Waals surface area contributed by atoms with Crippen LogP contribution in [0.2, 0.25) is 0 Å². The quantitative estimate of drug-likeness (QED) is 0.608. The van der Waals surface area contributed by atoms with Crippen molar-refractivity contribution in [3.63, 3.8) is 0 Å². The molecule has 0 saturated carbocycles. The number of carbonyl (C=O) groups excluding carboxylic acids is 1. The SMILES string of the molecule is CCCN1C(=O)NCC1C. The van der Waals surface area contributed by atoms with Gasteiger partial charge in [0, 0.05) is 19.1 Å². The monoisotopic (exact) mass is 142 g/mol. The lowest BCUT2D eigenvalue weighted by molar-refractivity contribution is 0.207. The van der Waals surface area contributed by atoms with Gasteiger partial charge in [0.25, 0.3) is 0 Å². The van der Waals surface area contributed by atoms with E-state index in [1.807, 2.05) is 4.90 Å². The normalized spacial score (nSPS) is 25.2. The van der Waals surface area contributed by atoms with Crippen molar-refractivity contribution in [3.8, 4) is 0 Å². The highest BCUT2D eigenvalue weighted by Crippen LogP contribution is 2.05. The Hall–Kier alpha value is -0.730. The van der Waals surface area contributed by atoms with E-state index in [2.05, 4.69) is 19.2 Å². The summed E-state index contributed by atoms with van der Waals surface area (Å²) in [4.78, 5) is 12.9. The van der Waals surface area contributed by atoms with Gasteiger partial charge in [-0.2, -0.15) is 0 Å². The Balaban J connectivity index is 2.46. The van der Waals surface area contributed by atoms with E-state index in [9.17, 15) is 4.79 Å². The van der Waals surface area contributed by atoms with Gasteiger partial charge >= 0.3 is 6.03 Å². The minimum atomic E-state index is 0.0920. The second-order valence-corrected chi connectivity index (χ2v) is 2.73. The van der Waals surface area contributed by atoms with E-state index < -0.39 is 0 Å². The summed E-state index contributed by atoms with van der Waals surface area (Å²) in [5.41, 5.74) is 0. The lowest BCUT2D eigenvalue weighted by Crippen LogP contribution is -2.32. The minimum absolute atomic E-state index is 0.0920. The van der Waals surface area contributed by atoms with Gasteiger partial charge in [-0.1, -0.05) is 6.92 Å². The molecule has 1 atom stereocenters. The van der Waals surface area contributed by atoms with Crippen LogP contribution in [0.25, 0.3) is 0 Å². The number of hydrogen-bond donors (Lipinski definition) is 1. The molecule has 1 heterocycles. The van der Waals surface area contributed by atoms with E-state index in [4.69, 9.17) is 0 Å². The van der Waals surface area contributed by atoms with Gasteiger partial charge < -0.3 is 10.2 Å². The predicted octanol–water partition coefficient (Wildman–Crippen LogP) is 0.810. The summed E-state index contributed by atoms with van der Waals surface area (Å²) in [7, 11) is 0. The van der Waals surface area contributed by atoms with Gasteiger partial charge in [0.2, 0.25) is 0 Å². The van der Waals surface area contributed by atoms with Crippen LogP contribution in [0.15, 0.2) is 0 Å². The van der Waals surface area contributed by atoms with E-state index in [-0.39, 0.29) is 6.03 Å². The Bertz CT molecular complexity index is 136. The first-order valence-corrected chi connectivity index (χ1v) is 3.80. The van der Waals surface area contributed by atoms with Crippen LogP contribution in [-0.4, -0.2) is 30.1 Å². The zero-order valence-electron chi connectivity index (χ0n) is 6.55. The van der Waals surface area contributed by atoms with Crippen LogP contribution in [0.4, 0.5) is 4.79 Å². The van der Waals surface area contributed by atoms with Gasteiger partial charge in [-0.15, -0.1) is 0 Å². The Morgan fingerprint density at radius 3 is 2.90 bits per heavy atom. The molecule has 1 N–H and O–H groups in total. The number of rotatable bonds is 2. The highest BCUT2D eigenvalue weighted by atomic mass is 16.2. The molecular formula is C7H14N2O. The molecule has 1 fully saturated rings. The van der Waals surface area contributed by atoms with Crippen LogP contribution in [0.3, 0.4) is 0 Å². The van der Waals surface area contributed by atoms with E-state index >= 15 is 0 Å². The maximum atomic E-state index is 11.0.